The van der Waals surface area contributed by atoms with Crippen molar-refractivity contribution in [3.8, 4) is 5.88 Å². The number of hydrogen-bond donors (Lipinski definition) is 2. The average molecular weight is 211 g/mol. The van der Waals surface area contributed by atoms with Gasteiger partial charge in [0.1, 0.15) is 5.56 Å². The fourth-order valence-electron chi connectivity index (χ4n) is 1.02. The van der Waals surface area contributed by atoms with Crippen molar-refractivity contribution in [1.82, 2.24) is 4.98 Å². The molecule has 0 saturated heterocycles. The monoisotopic (exact) mass is 211 g/mol. The van der Waals surface area contributed by atoms with Crippen molar-refractivity contribution in [3.63, 3.8) is 0 Å². The molecule has 0 aliphatic heterocycles. The molecule has 0 amide bonds. The van der Waals surface area contributed by atoms with E-state index >= 15 is 0 Å². The number of rotatable bonds is 3. The molecule has 1 rings (SSSR count). The lowest BCUT2D eigenvalue weighted by Gasteiger charge is -2.07. The molecule has 1 aromatic heterocycles. The summed E-state index contributed by atoms with van der Waals surface area (Å²) < 4.78 is 9.32. The number of aromatic nitrogens is 1. The van der Waals surface area contributed by atoms with Crippen molar-refractivity contribution in [1.29, 1.82) is 0 Å². The van der Waals surface area contributed by atoms with Crippen LogP contribution >= 0.6 is 0 Å². The van der Waals surface area contributed by atoms with Gasteiger partial charge >= 0.3 is 13.1 Å². The van der Waals surface area contributed by atoms with Gasteiger partial charge in [-0.15, -0.1) is 0 Å². The quantitative estimate of drug-likeness (QED) is 0.470. The van der Waals surface area contributed by atoms with Crippen LogP contribution in [-0.4, -0.2) is 42.3 Å². The maximum atomic E-state index is 11.2. The van der Waals surface area contributed by atoms with Gasteiger partial charge in [0.15, 0.2) is 0 Å². The zero-order valence-corrected chi connectivity index (χ0v) is 8.30. The van der Waals surface area contributed by atoms with Gasteiger partial charge in [0, 0.05) is 0 Å². The van der Waals surface area contributed by atoms with Gasteiger partial charge in [0.05, 0.1) is 19.8 Å². The molecule has 6 nitrogen and oxygen atoms in total. The minimum Gasteiger partial charge on any atom is -0.480 e. The third-order valence-corrected chi connectivity index (χ3v) is 1.75. The summed E-state index contributed by atoms with van der Waals surface area (Å²) >= 11 is 0. The third kappa shape index (κ3) is 2.45. The molecule has 1 heterocycles. The maximum absolute atomic E-state index is 11.2. The smallest absolute Gasteiger partial charge is 0.480 e. The molecule has 0 aromatic carbocycles. The Labute approximate surface area is 86.6 Å². The predicted octanol–water partition coefficient (Wildman–Crippen LogP) is -1.44. The summed E-state index contributed by atoms with van der Waals surface area (Å²) in [6.07, 6.45) is 0. The molecule has 0 fully saturated rings. The van der Waals surface area contributed by atoms with Crippen LogP contribution in [0.4, 0.5) is 0 Å². The van der Waals surface area contributed by atoms with Gasteiger partial charge in [-0.1, -0.05) is 0 Å². The number of esters is 1. The summed E-state index contributed by atoms with van der Waals surface area (Å²) in [5.41, 5.74) is 0.129. The van der Waals surface area contributed by atoms with Crippen LogP contribution in [0.1, 0.15) is 10.4 Å². The van der Waals surface area contributed by atoms with E-state index in [4.69, 9.17) is 14.8 Å². The summed E-state index contributed by atoms with van der Waals surface area (Å²) in [6.45, 7) is 0. The first-order chi connectivity index (χ1) is 7.10. The Bertz CT molecular complexity index is 368. The SMILES string of the molecule is COC(=O)c1ccc(B(O)O)nc1OC. The van der Waals surface area contributed by atoms with E-state index in [-0.39, 0.29) is 17.0 Å². The number of carbonyl (C=O) groups excluding carboxylic acids is 1. The van der Waals surface area contributed by atoms with E-state index in [1.54, 1.807) is 0 Å². The zero-order valence-electron chi connectivity index (χ0n) is 8.30. The van der Waals surface area contributed by atoms with Crippen LogP contribution in [-0.2, 0) is 4.74 Å². The fraction of sp³-hybridized carbons (Fsp3) is 0.250. The summed E-state index contributed by atoms with van der Waals surface area (Å²) in [4.78, 5) is 14.9. The van der Waals surface area contributed by atoms with Crippen LogP contribution in [0.2, 0.25) is 0 Å². The first-order valence-electron chi connectivity index (χ1n) is 4.09. The summed E-state index contributed by atoms with van der Waals surface area (Å²) in [7, 11) is 0.851. The van der Waals surface area contributed by atoms with E-state index in [0.29, 0.717) is 0 Å². The molecule has 0 aliphatic rings. The van der Waals surface area contributed by atoms with Crippen LogP contribution in [0, 0.1) is 0 Å². The molecule has 0 unspecified atom stereocenters. The van der Waals surface area contributed by atoms with E-state index in [2.05, 4.69) is 9.72 Å². The second-order valence-electron chi connectivity index (χ2n) is 2.66. The highest BCUT2D eigenvalue weighted by Gasteiger charge is 2.19. The van der Waals surface area contributed by atoms with E-state index in [9.17, 15) is 4.79 Å². The van der Waals surface area contributed by atoms with Crippen molar-refractivity contribution in [2.24, 2.45) is 0 Å². The van der Waals surface area contributed by atoms with Gasteiger partial charge < -0.3 is 19.5 Å². The van der Waals surface area contributed by atoms with E-state index in [1.807, 2.05) is 0 Å². The predicted molar refractivity (Wildman–Crippen MR) is 52.0 cm³/mol. The normalized spacial score (nSPS) is 9.60. The van der Waals surface area contributed by atoms with Crippen molar-refractivity contribution >= 4 is 18.7 Å². The summed E-state index contributed by atoms with van der Waals surface area (Å²) in [5.74, 6) is -0.606. The average Bonchev–Trinajstić information content (AvgIpc) is 2.27. The van der Waals surface area contributed by atoms with E-state index < -0.39 is 13.1 Å². The molecule has 1 aromatic rings. The van der Waals surface area contributed by atoms with E-state index in [1.165, 1.54) is 26.4 Å². The molecule has 2 N–H and O–H groups in total. The topological polar surface area (TPSA) is 88.9 Å². The molecule has 0 saturated carbocycles. The molecular formula is C8H10BNO5. The number of methoxy groups -OCH3 is 2. The van der Waals surface area contributed by atoms with E-state index in [0.717, 1.165) is 0 Å². The van der Waals surface area contributed by atoms with Gasteiger partial charge in [-0.05, 0) is 12.1 Å². The largest absolute Gasteiger partial charge is 0.508 e. The Kier molecular flexibility index (Phi) is 3.65. The van der Waals surface area contributed by atoms with Crippen LogP contribution in [0.15, 0.2) is 12.1 Å². The number of hydrogen-bond acceptors (Lipinski definition) is 6. The molecule has 0 atom stereocenters. The standard InChI is InChI=1S/C8H10BNO5/c1-14-7-5(8(11)15-2)3-4-6(10-7)9(12)13/h3-4,12-13H,1-2H3. The Hall–Kier alpha value is -1.60. The van der Waals surface area contributed by atoms with Crippen LogP contribution in [0.25, 0.3) is 0 Å². The second-order valence-corrected chi connectivity index (χ2v) is 2.66. The summed E-state index contributed by atoms with van der Waals surface area (Å²) in [5, 5.41) is 17.7. The summed E-state index contributed by atoms with van der Waals surface area (Å²) in [6, 6.07) is 2.66. The Morgan fingerprint density at radius 2 is 2.07 bits per heavy atom. The fourth-order valence-corrected chi connectivity index (χ4v) is 1.02. The number of nitrogens with zero attached hydrogens (tertiary/aromatic N) is 1. The van der Waals surface area contributed by atoms with Crippen LogP contribution in [0.5, 0.6) is 5.88 Å². The molecule has 15 heavy (non-hydrogen) atoms. The molecule has 0 aliphatic carbocycles. The molecule has 0 radical (unpaired) electrons. The number of ether oxygens (including phenoxy) is 2. The Balaban J connectivity index is 3.15. The van der Waals surface area contributed by atoms with Crippen LogP contribution in [0.3, 0.4) is 0 Å². The molecule has 80 valence electrons. The molecule has 7 heteroatoms. The van der Waals surface area contributed by atoms with Gasteiger partial charge in [0.25, 0.3) is 0 Å². The van der Waals surface area contributed by atoms with Crippen LogP contribution < -0.4 is 10.3 Å². The maximum Gasteiger partial charge on any atom is 0.508 e. The van der Waals surface area contributed by atoms with Gasteiger partial charge in [0.2, 0.25) is 5.88 Å². The number of carbonyl (C=O) groups is 1. The third-order valence-electron chi connectivity index (χ3n) is 1.75. The lowest BCUT2D eigenvalue weighted by atomic mass is 9.85. The first-order valence-corrected chi connectivity index (χ1v) is 4.09. The minimum atomic E-state index is -1.70. The molecule has 0 bridgehead atoms. The Morgan fingerprint density at radius 1 is 1.40 bits per heavy atom. The van der Waals surface area contributed by atoms with Crippen molar-refractivity contribution in [2.45, 2.75) is 0 Å². The van der Waals surface area contributed by atoms with Gasteiger partial charge in [-0.3, -0.25) is 0 Å². The van der Waals surface area contributed by atoms with Crippen molar-refractivity contribution in [2.75, 3.05) is 14.2 Å². The minimum absolute atomic E-state index is 0.000460. The zero-order chi connectivity index (χ0) is 11.4. The lowest BCUT2D eigenvalue weighted by Crippen LogP contribution is -2.33. The highest BCUT2D eigenvalue weighted by atomic mass is 16.5. The number of pyridine rings is 1. The van der Waals surface area contributed by atoms with Gasteiger partial charge in [-0.2, -0.15) is 0 Å². The van der Waals surface area contributed by atoms with Crippen molar-refractivity contribution in [3.05, 3.63) is 17.7 Å². The molecular weight excluding hydrogens is 201 g/mol. The van der Waals surface area contributed by atoms with Crippen molar-refractivity contribution < 1.29 is 24.3 Å². The second kappa shape index (κ2) is 4.76. The molecule has 0 spiro atoms. The van der Waals surface area contributed by atoms with Gasteiger partial charge in [-0.25, -0.2) is 9.78 Å². The highest BCUT2D eigenvalue weighted by molar-refractivity contribution is 6.57. The highest BCUT2D eigenvalue weighted by Crippen LogP contribution is 2.13. The first kappa shape index (κ1) is 11.5. The lowest BCUT2D eigenvalue weighted by molar-refractivity contribution is 0.0596. The Morgan fingerprint density at radius 3 is 2.53 bits per heavy atom.